The van der Waals surface area contributed by atoms with E-state index in [9.17, 15) is 0 Å². The molecule has 0 radical (unpaired) electrons. The molecule has 1 aromatic rings. The molecule has 3 N–H and O–H groups in total. The third kappa shape index (κ3) is 2.80. The minimum atomic E-state index is 0.102. The zero-order valence-electron chi connectivity index (χ0n) is 9.38. The predicted octanol–water partition coefficient (Wildman–Crippen LogP) is 2.28. The highest BCUT2D eigenvalue weighted by Crippen LogP contribution is 2.28. The number of rotatable bonds is 5. The fourth-order valence-corrected chi connectivity index (χ4v) is 2.88. The highest BCUT2D eigenvalue weighted by molar-refractivity contribution is 7.11. The summed E-state index contributed by atoms with van der Waals surface area (Å²) in [6.45, 7) is 4.14. The molecule has 84 valence electrons. The molecule has 0 unspecified atom stereocenters. The Balaban J connectivity index is 1.73. The van der Waals surface area contributed by atoms with Crippen LogP contribution >= 0.6 is 11.3 Å². The van der Waals surface area contributed by atoms with Crippen LogP contribution in [0.2, 0.25) is 0 Å². The van der Waals surface area contributed by atoms with Crippen LogP contribution in [0.25, 0.3) is 0 Å². The number of aryl methyl sites for hydroxylation is 1. The van der Waals surface area contributed by atoms with E-state index in [0.717, 1.165) is 19.5 Å². The van der Waals surface area contributed by atoms with Crippen LogP contribution < -0.4 is 11.1 Å². The first-order chi connectivity index (χ1) is 7.22. The van der Waals surface area contributed by atoms with Crippen LogP contribution in [0.5, 0.6) is 0 Å². The summed E-state index contributed by atoms with van der Waals surface area (Å²) >= 11 is 1.91. The summed E-state index contributed by atoms with van der Waals surface area (Å²) in [5.41, 5.74) is 6.24. The molecule has 0 aliphatic heterocycles. The summed E-state index contributed by atoms with van der Waals surface area (Å²) < 4.78 is 0. The van der Waals surface area contributed by atoms with E-state index in [1.165, 1.54) is 29.0 Å². The van der Waals surface area contributed by atoms with Gasteiger partial charge in [0.2, 0.25) is 0 Å². The lowest BCUT2D eigenvalue weighted by Crippen LogP contribution is -2.53. The second-order valence-electron chi connectivity index (χ2n) is 4.54. The Bertz CT molecular complexity index is 315. The van der Waals surface area contributed by atoms with E-state index >= 15 is 0 Å². The van der Waals surface area contributed by atoms with Gasteiger partial charge >= 0.3 is 0 Å². The van der Waals surface area contributed by atoms with E-state index in [1.807, 2.05) is 11.3 Å². The lowest BCUT2D eigenvalue weighted by molar-refractivity contribution is 0.239. The maximum Gasteiger partial charge on any atom is 0.0300 e. The Morgan fingerprint density at radius 2 is 2.13 bits per heavy atom. The second kappa shape index (κ2) is 4.64. The van der Waals surface area contributed by atoms with Crippen LogP contribution in [0.15, 0.2) is 12.1 Å². The first-order valence-electron chi connectivity index (χ1n) is 5.79. The normalized spacial score (nSPS) is 18.8. The van der Waals surface area contributed by atoms with Gasteiger partial charge in [0.25, 0.3) is 0 Å². The Hall–Kier alpha value is -0.380. The van der Waals surface area contributed by atoms with Crippen LogP contribution in [-0.4, -0.2) is 12.1 Å². The largest absolute Gasteiger partial charge is 0.324 e. The maximum absolute atomic E-state index is 6.14. The predicted molar refractivity (Wildman–Crippen MR) is 66.2 cm³/mol. The average Bonchev–Trinajstić information content (AvgIpc) is 2.63. The molecule has 3 heteroatoms. The van der Waals surface area contributed by atoms with Crippen molar-refractivity contribution in [2.75, 3.05) is 6.54 Å². The van der Waals surface area contributed by atoms with Crippen LogP contribution in [0, 0.1) is 0 Å². The Morgan fingerprint density at radius 1 is 1.40 bits per heavy atom. The minimum Gasteiger partial charge on any atom is -0.324 e. The van der Waals surface area contributed by atoms with Crippen LogP contribution in [0.3, 0.4) is 0 Å². The third-order valence-corrected chi connectivity index (χ3v) is 4.42. The highest BCUT2D eigenvalue weighted by atomic mass is 32.1. The van der Waals surface area contributed by atoms with Gasteiger partial charge in [-0.25, -0.2) is 0 Å². The van der Waals surface area contributed by atoms with Crippen molar-refractivity contribution in [1.82, 2.24) is 5.32 Å². The Morgan fingerprint density at radius 3 is 2.67 bits per heavy atom. The molecule has 2 nitrogen and oxygen atoms in total. The molecule has 2 rings (SSSR count). The summed E-state index contributed by atoms with van der Waals surface area (Å²) in [7, 11) is 0. The van der Waals surface area contributed by atoms with Crippen LogP contribution in [0.1, 0.15) is 35.9 Å². The fraction of sp³-hybridized carbons (Fsp3) is 0.667. The maximum atomic E-state index is 6.14. The van der Waals surface area contributed by atoms with E-state index in [4.69, 9.17) is 5.73 Å². The quantitative estimate of drug-likeness (QED) is 0.805. The molecule has 0 bridgehead atoms. The standard InChI is InChI=1S/C12H20N2S/c1-2-10-4-5-11(15-10)8-14-9-12(13)6-3-7-12/h4-5,14H,2-3,6-9,13H2,1H3. The van der Waals surface area contributed by atoms with Crippen LogP contribution in [0.4, 0.5) is 0 Å². The van der Waals surface area contributed by atoms with Gasteiger partial charge in [0, 0.05) is 28.4 Å². The zero-order valence-corrected chi connectivity index (χ0v) is 10.2. The second-order valence-corrected chi connectivity index (χ2v) is 5.79. The van der Waals surface area contributed by atoms with Crippen molar-refractivity contribution in [2.45, 2.75) is 44.7 Å². The number of nitrogens with two attached hydrogens (primary N) is 1. The molecular weight excluding hydrogens is 204 g/mol. The lowest BCUT2D eigenvalue weighted by Gasteiger charge is -2.38. The van der Waals surface area contributed by atoms with E-state index in [-0.39, 0.29) is 5.54 Å². The Kier molecular flexibility index (Phi) is 3.44. The van der Waals surface area contributed by atoms with Crippen molar-refractivity contribution in [3.8, 4) is 0 Å². The monoisotopic (exact) mass is 224 g/mol. The van der Waals surface area contributed by atoms with Gasteiger partial charge in [-0.2, -0.15) is 0 Å². The molecule has 0 saturated heterocycles. The fourth-order valence-electron chi connectivity index (χ4n) is 1.95. The summed E-state index contributed by atoms with van der Waals surface area (Å²) in [4.78, 5) is 2.90. The van der Waals surface area contributed by atoms with Crippen molar-refractivity contribution in [3.63, 3.8) is 0 Å². The van der Waals surface area contributed by atoms with Crippen LogP contribution in [-0.2, 0) is 13.0 Å². The first kappa shape index (κ1) is 11.1. The number of hydrogen-bond acceptors (Lipinski definition) is 3. The van der Waals surface area contributed by atoms with Gasteiger partial charge in [0.1, 0.15) is 0 Å². The summed E-state index contributed by atoms with van der Waals surface area (Å²) in [6.07, 6.45) is 4.82. The van der Waals surface area contributed by atoms with Crippen molar-refractivity contribution < 1.29 is 0 Å². The van der Waals surface area contributed by atoms with Crippen molar-refractivity contribution in [3.05, 3.63) is 21.9 Å². The molecule has 0 amide bonds. The van der Waals surface area contributed by atoms with Gasteiger partial charge in [0.05, 0.1) is 0 Å². The molecular formula is C12H20N2S. The van der Waals surface area contributed by atoms with E-state index in [0.29, 0.717) is 0 Å². The molecule has 1 heterocycles. The molecule has 1 aliphatic carbocycles. The average molecular weight is 224 g/mol. The third-order valence-electron chi connectivity index (χ3n) is 3.19. The molecule has 0 atom stereocenters. The number of thiophene rings is 1. The Labute approximate surface area is 95.9 Å². The molecule has 1 fully saturated rings. The van der Waals surface area contributed by atoms with Crippen molar-refractivity contribution >= 4 is 11.3 Å². The van der Waals surface area contributed by atoms with Gasteiger partial charge in [-0.3, -0.25) is 0 Å². The first-order valence-corrected chi connectivity index (χ1v) is 6.61. The SMILES string of the molecule is CCc1ccc(CNCC2(N)CCC2)s1. The van der Waals surface area contributed by atoms with Crippen molar-refractivity contribution in [2.24, 2.45) is 5.73 Å². The molecule has 1 saturated carbocycles. The number of nitrogens with one attached hydrogen (secondary N) is 1. The van der Waals surface area contributed by atoms with Gasteiger partial charge in [-0.1, -0.05) is 6.92 Å². The minimum absolute atomic E-state index is 0.102. The van der Waals surface area contributed by atoms with E-state index < -0.39 is 0 Å². The molecule has 1 aliphatic rings. The topological polar surface area (TPSA) is 38.0 Å². The van der Waals surface area contributed by atoms with Gasteiger partial charge in [-0.05, 0) is 37.8 Å². The summed E-state index contributed by atoms with van der Waals surface area (Å²) in [6, 6.07) is 4.45. The molecule has 1 aromatic heterocycles. The smallest absolute Gasteiger partial charge is 0.0300 e. The zero-order chi connectivity index (χ0) is 10.7. The molecule has 0 spiro atoms. The highest BCUT2D eigenvalue weighted by Gasteiger charge is 2.31. The van der Waals surface area contributed by atoms with E-state index in [2.05, 4.69) is 24.4 Å². The summed E-state index contributed by atoms with van der Waals surface area (Å²) in [5.74, 6) is 0. The summed E-state index contributed by atoms with van der Waals surface area (Å²) in [5, 5.41) is 3.47. The van der Waals surface area contributed by atoms with E-state index in [1.54, 1.807) is 0 Å². The van der Waals surface area contributed by atoms with Gasteiger partial charge in [0.15, 0.2) is 0 Å². The molecule has 15 heavy (non-hydrogen) atoms. The van der Waals surface area contributed by atoms with Gasteiger partial charge < -0.3 is 11.1 Å². The number of hydrogen-bond donors (Lipinski definition) is 2. The lowest BCUT2D eigenvalue weighted by atomic mass is 9.78. The van der Waals surface area contributed by atoms with Gasteiger partial charge in [-0.15, -0.1) is 11.3 Å². The molecule has 0 aromatic carbocycles. The van der Waals surface area contributed by atoms with Crippen molar-refractivity contribution in [1.29, 1.82) is 0 Å².